The number of para-hydroxylation sites is 1. The molecule has 1 fully saturated rings. The van der Waals surface area contributed by atoms with Crippen molar-refractivity contribution in [2.75, 3.05) is 43.9 Å². The Bertz CT molecular complexity index is 735. The average molecular weight is 365 g/mol. The number of anilines is 1. The van der Waals surface area contributed by atoms with Crippen LogP contribution in [0.4, 0.5) is 5.69 Å². The maximum absolute atomic E-state index is 13.0. The van der Waals surface area contributed by atoms with Gasteiger partial charge in [-0.3, -0.25) is 9.69 Å². The van der Waals surface area contributed by atoms with Crippen molar-refractivity contribution < 1.29 is 13.2 Å². The van der Waals surface area contributed by atoms with E-state index >= 15 is 0 Å². The number of fused-ring (bicyclic) bond motifs is 1. The zero-order valence-electron chi connectivity index (χ0n) is 15.0. The Hall–Kier alpha value is -1.44. The van der Waals surface area contributed by atoms with Gasteiger partial charge >= 0.3 is 0 Å². The van der Waals surface area contributed by atoms with Crippen molar-refractivity contribution in [1.29, 1.82) is 0 Å². The van der Waals surface area contributed by atoms with E-state index in [0.29, 0.717) is 26.2 Å². The molecule has 0 saturated carbocycles. The first kappa shape index (κ1) is 18.4. The van der Waals surface area contributed by atoms with Gasteiger partial charge in [0.15, 0.2) is 0 Å². The summed E-state index contributed by atoms with van der Waals surface area (Å²) in [5, 5.41) is 0. The van der Waals surface area contributed by atoms with Crippen LogP contribution < -0.4 is 4.90 Å². The third-order valence-corrected chi connectivity index (χ3v) is 6.47. The topological polar surface area (TPSA) is 60.9 Å². The highest BCUT2D eigenvalue weighted by molar-refractivity contribution is 7.88. The minimum Gasteiger partial charge on any atom is -0.308 e. The lowest BCUT2D eigenvalue weighted by Crippen LogP contribution is -2.47. The molecule has 1 atom stereocenters. The minimum absolute atomic E-state index is 0.104. The normalized spacial score (nSPS) is 23.1. The van der Waals surface area contributed by atoms with E-state index in [1.165, 1.54) is 16.1 Å². The summed E-state index contributed by atoms with van der Waals surface area (Å²) in [5.74, 6) is 0.104. The Balaban J connectivity index is 1.68. The Morgan fingerprint density at radius 3 is 2.68 bits per heavy atom. The molecular formula is C18H27N3O3S. The largest absolute Gasteiger partial charge is 0.308 e. The maximum atomic E-state index is 13.0. The number of hydrogen-bond donors (Lipinski definition) is 0. The fourth-order valence-electron chi connectivity index (χ4n) is 3.77. The summed E-state index contributed by atoms with van der Waals surface area (Å²) in [5.41, 5.74) is 2.26. The van der Waals surface area contributed by atoms with E-state index < -0.39 is 10.0 Å². The molecule has 1 aromatic carbocycles. The van der Waals surface area contributed by atoms with Gasteiger partial charge < -0.3 is 4.90 Å². The third-order valence-electron chi connectivity index (χ3n) is 5.17. The van der Waals surface area contributed by atoms with Crippen LogP contribution in [0.25, 0.3) is 0 Å². The quantitative estimate of drug-likeness (QED) is 0.811. The fourth-order valence-corrected chi connectivity index (χ4v) is 4.65. The first-order valence-electron chi connectivity index (χ1n) is 8.93. The van der Waals surface area contributed by atoms with E-state index in [4.69, 9.17) is 0 Å². The highest BCUT2D eigenvalue weighted by Gasteiger charge is 2.30. The summed E-state index contributed by atoms with van der Waals surface area (Å²) < 4.78 is 25.0. The van der Waals surface area contributed by atoms with Gasteiger partial charge in [-0.1, -0.05) is 18.2 Å². The lowest BCUT2D eigenvalue weighted by molar-refractivity contribution is -0.120. The van der Waals surface area contributed by atoms with Crippen molar-refractivity contribution >= 4 is 21.6 Å². The highest BCUT2D eigenvalue weighted by atomic mass is 32.2. The monoisotopic (exact) mass is 365 g/mol. The van der Waals surface area contributed by atoms with Crippen molar-refractivity contribution in [2.24, 2.45) is 0 Å². The molecule has 1 aromatic rings. The van der Waals surface area contributed by atoms with Crippen molar-refractivity contribution in [1.82, 2.24) is 9.21 Å². The number of nitrogens with zero attached hydrogens (tertiary/aromatic N) is 3. The molecule has 7 heteroatoms. The third kappa shape index (κ3) is 4.22. The van der Waals surface area contributed by atoms with Gasteiger partial charge in [0.2, 0.25) is 15.9 Å². The van der Waals surface area contributed by atoms with Crippen molar-refractivity contribution in [3.8, 4) is 0 Å². The summed E-state index contributed by atoms with van der Waals surface area (Å²) in [6.45, 7) is 4.78. The van der Waals surface area contributed by atoms with Gasteiger partial charge in [0.1, 0.15) is 0 Å². The summed E-state index contributed by atoms with van der Waals surface area (Å²) in [4.78, 5) is 17.0. The molecule has 1 unspecified atom stereocenters. The van der Waals surface area contributed by atoms with Crippen molar-refractivity contribution in [3.63, 3.8) is 0 Å². The van der Waals surface area contributed by atoms with Crippen molar-refractivity contribution in [3.05, 3.63) is 29.8 Å². The number of hydrogen-bond acceptors (Lipinski definition) is 4. The zero-order chi connectivity index (χ0) is 18.0. The molecule has 0 N–H and O–H groups in total. The second-order valence-electron chi connectivity index (χ2n) is 7.07. The van der Waals surface area contributed by atoms with E-state index in [0.717, 1.165) is 31.5 Å². The number of rotatable bonds is 3. The van der Waals surface area contributed by atoms with Crippen LogP contribution in [-0.2, 0) is 21.2 Å². The summed E-state index contributed by atoms with van der Waals surface area (Å²) >= 11 is 0. The smallest absolute Gasteiger partial charge is 0.241 e. The molecule has 2 aliphatic heterocycles. The number of aryl methyl sites for hydroxylation is 1. The first-order chi connectivity index (χ1) is 11.9. The van der Waals surface area contributed by atoms with Crippen LogP contribution in [0.15, 0.2) is 24.3 Å². The lowest BCUT2D eigenvalue weighted by Gasteiger charge is -2.36. The second kappa shape index (κ2) is 7.43. The number of sulfonamides is 1. The van der Waals surface area contributed by atoms with E-state index in [9.17, 15) is 13.2 Å². The molecule has 25 heavy (non-hydrogen) atoms. The SMILES string of the molecule is CC1CCc2ccccc2N1C(=O)CN1CCCN(S(C)(=O)=O)CC1. The van der Waals surface area contributed by atoms with Gasteiger partial charge in [0, 0.05) is 31.4 Å². The van der Waals surface area contributed by atoms with Crippen LogP contribution in [0.5, 0.6) is 0 Å². The molecule has 0 bridgehead atoms. The van der Waals surface area contributed by atoms with Crippen LogP contribution in [0.2, 0.25) is 0 Å². The minimum atomic E-state index is -3.16. The number of carbonyl (C=O) groups is 1. The molecule has 138 valence electrons. The Morgan fingerprint density at radius 2 is 1.92 bits per heavy atom. The van der Waals surface area contributed by atoms with Crippen molar-refractivity contribution in [2.45, 2.75) is 32.2 Å². The van der Waals surface area contributed by atoms with Gasteiger partial charge in [0.25, 0.3) is 0 Å². The van der Waals surface area contributed by atoms with Gasteiger partial charge in [-0.2, -0.15) is 0 Å². The molecule has 0 aromatic heterocycles. The fraction of sp³-hybridized carbons (Fsp3) is 0.611. The molecule has 1 saturated heterocycles. The van der Waals surface area contributed by atoms with Crippen LogP contribution in [0.1, 0.15) is 25.3 Å². The Kier molecular flexibility index (Phi) is 5.46. The van der Waals surface area contributed by atoms with Crippen LogP contribution in [0, 0.1) is 0 Å². The summed E-state index contributed by atoms with van der Waals surface area (Å²) in [7, 11) is -3.16. The van der Waals surface area contributed by atoms with Crippen LogP contribution >= 0.6 is 0 Å². The Labute approximate surface area is 150 Å². The first-order valence-corrected chi connectivity index (χ1v) is 10.8. The van der Waals surface area contributed by atoms with Crippen LogP contribution in [0.3, 0.4) is 0 Å². The molecule has 0 radical (unpaired) electrons. The van der Waals surface area contributed by atoms with Gasteiger partial charge in [-0.25, -0.2) is 12.7 Å². The number of amides is 1. The number of benzene rings is 1. The molecule has 6 nitrogen and oxygen atoms in total. The molecule has 2 aliphatic rings. The predicted molar refractivity (Wildman–Crippen MR) is 99.2 cm³/mol. The number of carbonyl (C=O) groups excluding carboxylic acids is 1. The van der Waals surface area contributed by atoms with Crippen LogP contribution in [-0.4, -0.2) is 68.6 Å². The average Bonchev–Trinajstić information content (AvgIpc) is 2.80. The Morgan fingerprint density at radius 1 is 1.16 bits per heavy atom. The molecule has 1 amide bonds. The highest BCUT2D eigenvalue weighted by Crippen LogP contribution is 2.30. The van der Waals surface area contributed by atoms with E-state index in [1.54, 1.807) is 0 Å². The standard InChI is InChI=1S/C18H27N3O3S/c1-15-8-9-16-6-3-4-7-17(16)21(15)18(22)14-19-10-5-11-20(13-12-19)25(2,23)24/h3-4,6-7,15H,5,8-14H2,1-2H3. The predicted octanol–water partition coefficient (Wildman–Crippen LogP) is 1.32. The lowest BCUT2D eigenvalue weighted by atomic mass is 9.96. The zero-order valence-corrected chi connectivity index (χ0v) is 15.8. The van der Waals surface area contributed by atoms with E-state index in [-0.39, 0.29) is 11.9 Å². The molecule has 0 spiro atoms. The second-order valence-corrected chi connectivity index (χ2v) is 9.05. The molecule has 3 rings (SSSR count). The van der Waals surface area contributed by atoms with Gasteiger partial charge in [0.05, 0.1) is 12.8 Å². The molecule has 2 heterocycles. The van der Waals surface area contributed by atoms with E-state index in [1.807, 2.05) is 23.1 Å². The van der Waals surface area contributed by atoms with E-state index in [2.05, 4.69) is 17.9 Å². The summed E-state index contributed by atoms with van der Waals surface area (Å²) in [6.07, 6.45) is 3.99. The molecule has 0 aliphatic carbocycles. The maximum Gasteiger partial charge on any atom is 0.241 e. The van der Waals surface area contributed by atoms with Gasteiger partial charge in [-0.15, -0.1) is 0 Å². The summed E-state index contributed by atoms with van der Waals surface area (Å²) in [6, 6.07) is 8.31. The molecular weight excluding hydrogens is 338 g/mol. The van der Waals surface area contributed by atoms with Gasteiger partial charge in [-0.05, 0) is 44.4 Å².